The normalized spacial score (nSPS) is 17.4. The smallest absolute Gasteiger partial charge is 0.253 e. The van der Waals surface area contributed by atoms with Crippen molar-refractivity contribution in [3.05, 3.63) is 64.7 Å². The van der Waals surface area contributed by atoms with Gasteiger partial charge in [-0.15, -0.1) is 11.3 Å². The van der Waals surface area contributed by atoms with Crippen LogP contribution in [0.25, 0.3) is 10.2 Å². The van der Waals surface area contributed by atoms with Gasteiger partial charge in [0.15, 0.2) is 5.78 Å². The van der Waals surface area contributed by atoms with Crippen LogP contribution in [-0.4, -0.2) is 34.7 Å². The van der Waals surface area contributed by atoms with Crippen LogP contribution in [0.3, 0.4) is 0 Å². The number of nitrogens with zero attached hydrogens (tertiary/aromatic N) is 2. The number of carbonyl (C=O) groups excluding carboxylic acids is 2. The quantitative estimate of drug-likeness (QED) is 0.650. The predicted molar refractivity (Wildman–Crippen MR) is 104 cm³/mol. The first-order chi connectivity index (χ1) is 12.6. The molecule has 0 aliphatic carbocycles. The summed E-state index contributed by atoms with van der Waals surface area (Å²) >= 11 is 1.60. The SMILES string of the molecule is Cc1nc2ccc(C(=O)N3CCC[C@@H](C(=O)c4ccccc4)C3)cc2s1. The Morgan fingerprint density at radius 1 is 1.12 bits per heavy atom. The summed E-state index contributed by atoms with van der Waals surface area (Å²) in [6, 6.07) is 15.0. The van der Waals surface area contributed by atoms with Gasteiger partial charge in [0, 0.05) is 30.1 Å². The Labute approximate surface area is 156 Å². The molecule has 26 heavy (non-hydrogen) atoms. The Bertz CT molecular complexity index is 965. The Kier molecular flexibility index (Phi) is 4.55. The van der Waals surface area contributed by atoms with Crippen LogP contribution in [0.2, 0.25) is 0 Å². The van der Waals surface area contributed by atoms with Gasteiger partial charge in [-0.25, -0.2) is 4.98 Å². The number of likely N-dealkylation sites (tertiary alicyclic amines) is 1. The second kappa shape index (κ2) is 7.00. The van der Waals surface area contributed by atoms with E-state index in [9.17, 15) is 9.59 Å². The van der Waals surface area contributed by atoms with Crippen molar-refractivity contribution in [1.82, 2.24) is 9.88 Å². The zero-order chi connectivity index (χ0) is 18.1. The number of piperidine rings is 1. The fourth-order valence-electron chi connectivity index (χ4n) is 3.57. The zero-order valence-electron chi connectivity index (χ0n) is 14.6. The van der Waals surface area contributed by atoms with Gasteiger partial charge < -0.3 is 4.90 Å². The van der Waals surface area contributed by atoms with Crippen molar-refractivity contribution < 1.29 is 9.59 Å². The lowest BCUT2D eigenvalue weighted by Gasteiger charge is -2.32. The molecule has 1 saturated heterocycles. The molecule has 2 heterocycles. The fraction of sp³-hybridized carbons (Fsp3) is 0.286. The minimum absolute atomic E-state index is 0.00325. The number of ketones is 1. The molecule has 1 amide bonds. The average Bonchev–Trinajstić information content (AvgIpc) is 3.06. The van der Waals surface area contributed by atoms with Gasteiger partial charge in [-0.05, 0) is 38.0 Å². The van der Waals surface area contributed by atoms with Crippen molar-refractivity contribution in [2.24, 2.45) is 5.92 Å². The number of thiazole rings is 1. The molecule has 1 aliphatic rings. The average molecular weight is 364 g/mol. The summed E-state index contributed by atoms with van der Waals surface area (Å²) in [6.45, 7) is 3.17. The number of aryl methyl sites for hydroxylation is 1. The lowest BCUT2D eigenvalue weighted by molar-refractivity contribution is 0.0637. The number of Topliss-reactive ketones (excluding diaryl/α,β-unsaturated/α-hetero) is 1. The minimum atomic E-state index is -0.121. The third-order valence-electron chi connectivity index (χ3n) is 4.88. The number of carbonyl (C=O) groups is 2. The van der Waals surface area contributed by atoms with Crippen LogP contribution in [0, 0.1) is 12.8 Å². The van der Waals surface area contributed by atoms with E-state index in [0.717, 1.165) is 33.6 Å². The van der Waals surface area contributed by atoms with E-state index in [1.54, 1.807) is 11.3 Å². The van der Waals surface area contributed by atoms with Gasteiger partial charge in [0.2, 0.25) is 0 Å². The lowest BCUT2D eigenvalue weighted by atomic mass is 9.89. The summed E-state index contributed by atoms with van der Waals surface area (Å²) in [5, 5.41) is 0.996. The maximum Gasteiger partial charge on any atom is 0.253 e. The standard InChI is InChI=1S/C21H20N2O2S/c1-14-22-18-10-9-16(12-19(18)26-14)21(25)23-11-5-8-17(13-23)20(24)15-6-3-2-4-7-15/h2-4,6-7,9-10,12,17H,5,8,11,13H2,1H3/t17-/m1/s1. The number of aromatic nitrogens is 1. The van der Waals surface area contributed by atoms with Crippen LogP contribution in [0.4, 0.5) is 0 Å². The molecule has 0 spiro atoms. The van der Waals surface area contributed by atoms with Crippen LogP contribution >= 0.6 is 11.3 Å². The van der Waals surface area contributed by atoms with E-state index >= 15 is 0 Å². The Morgan fingerprint density at radius 2 is 1.92 bits per heavy atom. The van der Waals surface area contributed by atoms with Gasteiger partial charge in [-0.2, -0.15) is 0 Å². The van der Waals surface area contributed by atoms with Crippen molar-refractivity contribution in [3.63, 3.8) is 0 Å². The van der Waals surface area contributed by atoms with Crippen molar-refractivity contribution in [3.8, 4) is 0 Å². The molecule has 0 radical (unpaired) electrons. The van der Waals surface area contributed by atoms with Crippen molar-refractivity contribution >= 4 is 33.2 Å². The molecule has 1 aliphatic heterocycles. The molecule has 0 bridgehead atoms. The molecular formula is C21H20N2O2S. The molecule has 0 saturated carbocycles. The molecule has 0 N–H and O–H groups in total. The molecule has 4 rings (SSSR count). The highest BCUT2D eigenvalue weighted by atomic mass is 32.1. The van der Waals surface area contributed by atoms with Crippen molar-refractivity contribution in [1.29, 1.82) is 0 Å². The molecule has 1 fully saturated rings. The maximum atomic E-state index is 13.0. The van der Waals surface area contributed by atoms with E-state index in [1.165, 1.54) is 0 Å². The summed E-state index contributed by atoms with van der Waals surface area (Å²) in [7, 11) is 0. The Morgan fingerprint density at radius 3 is 2.73 bits per heavy atom. The first kappa shape index (κ1) is 16.9. The summed E-state index contributed by atoms with van der Waals surface area (Å²) in [5.41, 5.74) is 2.34. The Balaban J connectivity index is 1.53. The van der Waals surface area contributed by atoms with E-state index in [2.05, 4.69) is 4.98 Å². The number of benzene rings is 2. The third-order valence-corrected chi connectivity index (χ3v) is 5.81. The van der Waals surface area contributed by atoms with Gasteiger partial charge in [0.1, 0.15) is 0 Å². The van der Waals surface area contributed by atoms with E-state index < -0.39 is 0 Å². The summed E-state index contributed by atoms with van der Waals surface area (Å²) in [5.74, 6) is 0.0182. The first-order valence-electron chi connectivity index (χ1n) is 8.87. The molecule has 0 unspecified atom stereocenters. The number of hydrogen-bond donors (Lipinski definition) is 0. The van der Waals surface area contributed by atoms with Crippen LogP contribution in [-0.2, 0) is 0 Å². The summed E-state index contributed by atoms with van der Waals surface area (Å²) in [6.07, 6.45) is 1.70. The number of hydrogen-bond acceptors (Lipinski definition) is 4. The number of amides is 1. The summed E-state index contributed by atoms with van der Waals surface area (Å²) < 4.78 is 1.03. The van der Waals surface area contributed by atoms with Crippen LogP contribution in [0.15, 0.2) is 48.5 Å². The van der Waals surface area contributed by atoms with Gasteiger partial charge in [0.05, 0.1) is 15.2 Å². The highest BCUT2D eigenvalue weighted by Crippen LogP contribution is 2.26. The van der Waals surface area contributed by atoms with E-state index in [0.29, 0.717) is 18.7 Å². The van der Waals surface area contributed by atoms with Crippen molar-refractivity contribution in [2.45, 2.75) is 19.8 Å². The van der Waals surface area contributed by atoms with Gasteiger partial charge in [-0.1, -0.05) is 30.3 Å². The molecule has 5 heteroatoms. The highest BCUT2D eigenvalue weighted by Gasteiger charge is 2.29. The Hall–Kier alpha value is -2.53. The fourth-order valence-corrected chi connectivity index (χ4v) is 4.44. The number of fused-ring (bicyclic) bond motifs is 1. The summed E-state index contributed by atoms with van der Waals surface area (Å²) in [4.78, 5) is 32.0. The molecule has 1 atom stereocenters. The molecule has 1 aromatic heterocycles. The molecule has 2 aromatic carbocycles. The van der Waals surface area contributed by atoms with Gasteiger partial charge in [-0.3, -0.25) is 9.59 Å². The minimum Gasteiger partial charge on any atom is -0.338 e. The van der Waals surface area contributed by atoms with E-state index in [-0.39, 0.29) is 17.6 Å². The highest BCUT2D eigenvalue weighted by molar-refractivity contribution is 7.18. The second-order valence-electron chi connectivity index (χ2n) is 6.74. The first-order valence-corrected chi connectivity index (χ1v) is 9.69. The third kappa shape index (κ3) is 3.27. The zero-order valence-corrected chi connectivity index (χ0v) is 15.5. The maximum absolute atomic E-state index is 13.0. The van der Waals surface area contributed by atoms with E-state index in [1.807, 2.05) is 60.4 Å². The number of rotatable bonds is 3. The van der Waals surface area contributed by atoms with Crippen LogP contribution in [0.5, 0.6) is 0 Å². The largest absolute Gasteiger partial charge is 0.338 e. The molecule has 4 nitrogen and oxygen atoms in total. The monoisotopic (exact) mass is 364 g/mol. The van der Waals surface area contributed by atoms with E-state index in [4.69, 9.17) is 0 Å². The molecule has 132 valence electrons. The second-order valence-corrected chi connectivity index (χ2v) is 7.97. The topological polar surface area (TPSA) is 50.3 Å². The van der Waals surface area contributed by atoms with Crippen LogP contribution in [0.1, 0.15) is 38.6 Å². The van der Waals surface area contributed by atoms with Gasteiger partial charge in [0.25, 0.3) is 5.91 Å². The van der Waals surface area contributed by atoms with Crippen LogP contribution < -0.4 is 0 Å². The molecular weight excluding hydrogens is 344 g/mol. The predicted octanol–water partition coefficient (Wildman–Crippen LogP) is 4.34. The van der Waals surface area contributed by atoms with Crippen molar-refractivity contribution in [2.75, 3.05) is 13.1 Å². The lowest BCUT2D eigenvalue weighted by Crippen LogP contribution is -2.42. The van der Waals surface area contributed by atoms with Gasteiger partial charge >= 0.3 is 0 Å². The molecule has 3 aromatic rings.